The second-order valence-corrected chi connectivity index (χ2v) is 5.04. The highest BCUT2D eigenvalue weighted by Crippen LogP contribution is 2.93. The maximum Gasteiger partial charge on any atom is 0.0644 e. The summed E-state index contributed by atoms with van der Waals surface area (Å²) in [7, 11) is 0. The van der Waals surface area contributed by atoms with Gasteiger partial charge in [-0.3, -0.25) is 0 Å². The molecule has 2 bridgehead atoms. The first kappa shape index (κ1) is 4.48. The van der Waals surface area contributed by atoms with Crippen LogP contribution in [0.3, 0.4) is 0 Å². The van der Waals surface area contributed by atoms with Crippen LogP contribution in [0, 0.1) is 47.3 Å². The standard InChI is InChI=1S/C9H9NO/c11-10-9-7-3-1-2-5(3)8(9)6(2)4(1)7/h1-8,11H/t1?,2?,3-,4-,5-,6+,7?,8?/m0/s1. The lowest BCUT2D eigenvalue weighted by atomic mass is 9.20. The average Bonchev–Trinajstić information content (AvgIpc) is 2.30. The first-order valence-corrected chi connectivity index (χ1v) is 4.67. The third kappa shape index (κ3) is 0.185. The summed E-state index contributed by atoms with van der Waals surface area (Å²) in [5.41, 5.74) is 1.21. The van der Waals surface area contributed by atoms with Gasteiger partial charge < -0.3 is 5.21 Å². The van der Waals surface area contributed by atoms with Crippen molar-refractivity contribution < 1.29 is 5.21 Å². The molecular weight excluding hydrogens is 138 g/mol. The van der Waals surface area contributed by atoms with Gasteiger partial charge in [0, 0.05) is 11.8 Å². The monoisotopic (exact) mass is 147 g/mol. The molecule has 0 saturated heterocycles. The minimum absolute atomic E-state index is 0.773. The van der Waals surface area contributed by atoms with Crippen molar-refractivity contribution in [3.8, 4) is 0 Å². The van der Waals surface area contributed by atoms with E-state index in [1.807, 2.05) is 0 Å². The van der Waals surface area contributed by atoms with Gasteiger partial charge >= 0.3 is 0 Å². The first-order valence-electron chi connectivity index (χ1n) is 4.67. The molecule has 0 amide bonds. The molecule has 0 radical (unpaired) electrons. The van der Waals surface area contributed by atoms with Crippen LogP contribution >= 0.6 is 0 Å². The smallest absolute Gasteiger partial charge is 0.0644 e. The van der Waals surface area contributed by atoms with Crippen LogP contribution in [0.5, 0.6) is 0 Å². The van der Waals surface area contributed by atoms with Gasteiger partial charge in [0.15, 0.2) is 0 Å². The van der Waals surface area contributed by atoms with E-state index in [1.165, 1.54) is 5.71 Å². The van der Waals surface area contributed by atoms with Crippen LogP contribution in [-0.4, -0.2) is 10.9 Å². The summed E-state index contributed by atoms with van der Waals surface area (Å²) in [6.45, 7) is 0. The van der Waals surface area contributed by atoms with Crippen molar-refractivity contribution in [2.24, 2.45) is 52.5 Å². The Balaban J connectivity index is 1.85. The van der Waals surface area contributed by atoms with Gasteiger partial charge in [0.25, 0.3) is 0 Å². The minimum Gasteiger partial charge on any atom is -0.411 e. The molecule has 8 atom stereocenters. The summed E-state index contributed by atoms with van der Waals surface area (Å²) in [4.78, 5) is 0. The van der Waals surface area contributed by atoms with Crippen LogP contribution in [-0.2, 0) is 0 Å². The van der Waals surface area contributed by atoms with E-state index < -0.39 is 0 Å². The van der Waals surface area contributed by atoms with Crippen LogP contribution < -0.4 is 0 Å². The summed E-state index contributed by atoms with van der Waals surface area (Å²) in [5.74, 6) is 7.80. The highest BCUT2D eigenvalue weighted by Gasteiger charge is 2.93. The van der Waals surface area contributed by atoms with Crippen molar-refractivity contribution in [2.75, 3.05) is 0 Å². The van der Waals surface area contributed by atoms with Crippen LogP contribution in [0.15, 0.2) is 5.16 Å². The molecule has 2 nitrogen and oxygen atoms in total. The third-order valence-corrected chi connectivity index (χ3v) is 5.57. The Bertz CT molecular complexity index is 276. The molecule has 2 heteroatoms. The molecule has 6 aliphatic carbocycles. The molecule has 11 heavy (non-hydrogen) atoms. The van der Waals surface area contributed by atoms with E-state index in [-0.39, 0.29) is 0 Å². The molecule has 6 rings (SSSR count). The van der Waals surface area contributed by atoms with Gasteiger partial charge in [-0.1, -0.05) is 5.16 Å². The molecule has 0 aliphatic heterocycles. The number of hydrogen-bond acceptors (Lipinski definition) is 2. The molecule has 0 aromatic heterocycles. The summed E-state index contributed by atoms with van der Waals surface area (Å²) in [5, 5.41) is 12.3. The average molecular weight is 147 g/mol. The Morgan fingerprint density at radius 1 is 0.818 bits per heavy atom. The quantitative estimate of drug-likeness (QED) is 0.399. The van der Waals surface area contributed by atoms with Gasteiger partial charge in [0.1, 0.15) is 0 Å². The number of nitrogens with zero attached hydrogens (tertiary/aromatic N) is 1. The van der Waals surface area contributed by atoms with E-state index in [4.69, 9.17) is 5.21 Å². The van der Waals surface area contributed by atoms with E-state index in [1.54, 1.807) is 0 Å². The van der Waals surface area contributed by atoms with Crippen LogP contribution in [0.25, 0.3) is 0 Å². The van der Waals surface area contributed by atoms with Crippen molar-refractivity contribution in [1.82, 2.24) is 0 Å². The predicted molar refractivity (Wildman–Crippen MR) is 37.1 cm³/mol. The molecule has 6 aliphatic rings. The van der Waals surface area contributed by atoms with Crippen LogP contribution in [0.4, 0.5) is 0 Å². The molecule has 0 aromatic carbocycles. The van der Waals surface area contributed by atoms with Gasteiger partial charge in [-0.2, -0.15) is 0 Å². The van der Waals surface area contributed by atoms with Gasteiger partial charge in [-0.25, -0.2) is 0 Å². The molecule has 6 fully saturated rings. The molecule has 0 heterocycles. The van der Waals surface area contributed by atoms with Crippen LogP contribution in [0.1, 0.15) is 0 Å². The lowest BCUT2D eigenvalue weighted by Crippen LogP contribution is -2.81. The molecule has 4 unspecified atom stereocenters. The molecule has 1 N–H and O–H groups in total. The Hall–Kier alpha value is -0.530. The fourth-order valence-corrected chi connectivity index (χ4v) is 5.56. The van der Waals surface area contributed by atoms with E-state index in [0.717, 1.165) is 47.3 Å². The summed E-state index contributed by atoms with van der Waals surface area (Å²) < 4.78 is 0. The number of hydrogen-bond donors (Lipinski definition) is 1. The number of rotatable bonds is 0. The van der Waals surface area contributed by atoms with Crippen molar-refractivity contribution in [3.05, 3.63) is 0 Å². The highest BCUT2D eigenvalue weighted by atomic mass is 16.4. The highest BCUT2D eigenvalue weighted by molar-refractivity contribution is 5.99. The van der Waals surface area contributed by atoms with Gasteiger partial charge in [-0.15, -0.1) is 0 Å². The fraction of sp³-hybridized carbons (Fsp3) is 0.889. The summed E-state index contributed by atoms with van der Waals surface area (Å²) in [6, 6.07) is 0. The lowest BCUT2D eigenvalue weighted by molar-refractivity contribution is -0.379. The Kier molecular flexibility index (Phi) is 0.367. The van der Waals surface area contributed by atoms with E-state index in [2.05, 4.69) is 5.16 Å². The first-order chi connectivity index (χ1) is 5.45. The normalized spacial score (nSPS) is 86.7. The molecular formula is C9H9NO. The molecule has 0 aromatic rings. The largest absolute Gasteiger partial charge is 0.411 e. The zero-order chi connectivity index (χ0) is 6.90. The SMILES string of the molecule is ON=C1C2[C@@H]3C4C5[C@@H]3C1[C@@H]5[C@@H]24. The predicted octanol–water partition coefficient (Wildman–Crippen LogP) is 0.814. The fourth-order valence-electron chi connectivity index (χ4n) is 5.56. The Labute approximate surface area is 64.3 Å². The summed E-state index contributed by atoms with van der Waals surface area (Å²) in [6.07, 6.45) is 0. The molecule has 0 spiro atoms. The third-order valence-electron chi connectivity index (χ3n) is 5.57. The Morgan fingerprint density at radius 3 is 1.64 bits per heavy atom. The minimum atomic E-state index is 0.773. The van der Waals surface area contributed by atoms with Crippen LogP contribution in [0.2, 0.25) is 0 Å². The van der Waals surface area contributed by atoms with E-state index >= 15 is 0 Å². The second-order valence-electron chi connectivity index (χ2n) is 5.04. The zero-order valence-corrected chi connectivity index (χ0v) is 6.01. The molecule has 6 saturated carbocycles. The second kappa shape index (κ2) is 0.900. The molecule has 56 valence electrons. The van der Waals surface area contributed by atoms with Crippen molar-refractivity contribution in [2.45, 2.75) is 0 Å². The van der Waals surface area contributed by atoms with E-state index in [9.17, 15) is 0 Å². The zero-order valence-electron chi connectivity index (χ0n) is 6.01. The van der Waals surface area contributed by atoms with Crippen molar-refractivity contribution in [3.63, 3.8) is 0 Å². The maximum absolute atomic E-state index is 8.82. The lowest BCUT2D eigenvalue weighted by Gasteiger charge is -2.83. The maximum atomic E-state index is 8.82. The van der Waals surface area contributed by atoms with Gasteiger partial charge in [0.2, 0.25) is 0 Å². The van der Waals surface area contributed by atoms with Gasteiger partial charge in [-0.05, 0) is 35.5 Å². The number of oxime groups is 1. The van der Waals surface area contributed by atoms with E-state index in [0.29, 0.717) is 0 Å². The Morgan fingerprint density at radius 2 is 1.27 bits per heavy atom. The van der Waals surface area contributed by atoms with Gasteiger partial charge in [0.05, 0.1) is 5.71 Å². The summed E-state index contributed by atoms with van der Waals surface area (Å²) >= 11 is 0. The topological polar surface area (TPSA) is 32.6 Å². The van der Waals surface area contributed by atoms with Crippen molar-refractivity contribution >= 4 is 5.71 Å². The van der Waals surface area contributed by atoms with Crippen molar-refractivity contribution in [1.29, 1.82) is 0 Å².